The van der Waals surface area contributed by atoms with Gasteiger partial charge in [-0.25, -0.2) is 4.98 Å². The van der Waals surface area contributed by atoms with E-state index in [1.807, 2.05) is 12.3 Å². The van der Waals surface area contributed by atoms with Crippen molar-refractivity contribution in [3.8, 4) is 89.3 Å². The molecule has 5 aromatic heterocycles. The molecule has 0 aliphatic carbocycles. The van der Waals surface area contributed by atoms with Gasteiger partial charge in [0, 0.05) is 29.6 Å². The number of pyridine rings is 4. The third kappa shape index (κ3) is 11.6. The summed E-state index contributed by atoms with van der Waals surface area (Å²) in [6.45, 7) is 18.3. The summed E-state index contributed by atoms with van der Waals surface area (Å²) in [5, 5.41) is 1.95. The van der Waals surface area contributed by atoms with Crippen LogP contribution < -0.4 is 0 Å². The van der Waals surface area contributed by atoms with E-state index < -0.39 is 0 Å². The van der Waals surface area contributed by atoms with Gasteiger partial charge in [-0.15, -0.1) is 83.2 Å². The van der Waals surface area contributed by atoms with Gasteiger partial charge in [0.15, 0.2) is 0 Å². The predicted octanol–water partition coefficient (Wildman–Crippen LogP) is 20.5. The van der Waals surface area contributed by atoms with Crippen LogP contribution >= 0.6 is 0 Å². The van der Waals surface area contributed by atoms with Crippen LogP contribution in [0.5, 0.6) is 0 Å². The van der Waals surface area contributed by atoms with Gasteiger partial charge in [-0.3, -0.25) is 0 Å². The Morgan fingerprint density at radius 1 is 0.384 bits per heavy atom. The van der Waals surface area contributed by atoms with Crippen molar-refractivity contribution in [2.45, 2.75) is 81.1 Å². The first kappa shape index (κ1) is 57.7. The van der Waals surface area contributed by atoms with Crippen molar-refractivity contribution in [1.29, 1.82) is 0 Å². The summed E-state index contributed by atoms with van der Waals surface area (Å²) < 4.78 is 2.25. The number of hydrogen-bond donors (Lipinski definition) is 0. The maximum Gasteiger partial charge on any atom is 3.00 e. The molecule has 0 unspecified atom stereocenters. The van der Waals surface area contributed by atoms with Crippen LogP contribution in [0.4, 0.5) is 0 Å². The Labute approximate surface area is 520 Å². The van der Waals surface area contributed by atoms with Crippen molar-refractivity contribution in [3.63, 3.8) is 0 Å². The smallest absolute Gasteiger partial charge is 0.307 e. The molecular formula is C80H70IrN5. The van der Waals surface area contributed by atoms with Gasteiger partial charge >= 0.3 is 20.1 Å². The molecule has 0 bridgehead atoms. The van der Waals surface area contributed by atoms with Crippen molar-refractivity contribution in [2.75, 3.05) is 0 Å². The fourth-order valence-corrected chi connectivity index (χ4v) is 12.7. The predicted molar refractivity (Wildman–Crippen MR) is 355 cm³/mol. The van der Waals surface area contributed by atoms with E-state index in [0.29, 0.717) is 23.7 Å². The van der Waals surface area contributed by atoms with Gasteiger partial charge in [-0.05, 0) is 148 Å². The van der Waals surface area contributed by atoms with Crippen molar-refractivity contribution < 1.29 is 20.1 Å². The monoisotopic (exact) mass is 1290 g/mol. The molecule has 0 aliphatic heterocycles. The molecule has 0 spiro atoms. The maximum absolute atomic E-state index is 5.26. The SMILES string of the molecule is CC(C)Cc1cnc(-c2[c-]cc(-c3ccccc3-c3cc(-c4ccccc4-c4c[c-]c(-c5cc(CC(C)C)c(CC(C)C)cn5)cc4)cc(-c4ccccc4-c4c[c-]c5c(c4)c4nc6ccccc6n4c4cccnc54)c3)cc2)cc1CC(C)C.[Ir+3]. The first-order valence-electron chi connectivity index (χ1n) is 30.3. The molecule has 13 aromatic rings. The first-order chi connectivity index (χ1) is 41.4. The van der Waals surface area contributed by atoms with Crippen LogP contribution in [-0.4, -0.2) is 24.3 Å². The van der Waals surface area contributed by atoms with Crippen molar-refractivity contribution >= 4 is 38.5 Å². The van der Waals surface area contributed by atoms with E-state index in [1.165, 1.54) is 22.3 Å². The van der Waals surface area contributed by atoms with Gasteiger partial charge in [0.1, 0.15) is 5.65 Å². The van der Waals surface area contributed by atoms with Gasteiger partial charge in [0.05, 0.1) is 11.0 Å². The number of para-hydroxylation sites is 2. The van der Waals surface area contributed by atoms with Gasteiger partial charge in [0.25, 0.3) is 0 Å². The zero-order valence-electron chi connectivity index (χ0n) is 50.3. The molecule has 0 radical (unpaired) electrons. The van der Waals surface area contributed by atoms with Crippen molar-refractivity contribution in [2.24, 2.45) is 23.7 Å². The second-order valence-electron chi connectivity index (χ2n) is 24.8. The van der Waals surface area contributed by atoms with Gasteiger partial charge in [-0.1, -0.05) is 202 Å². The average molecular weight is 1290 g/mol. The number of fused-ring (bicyclic) bond motifs is 8. The minimum Gasteiger partial charge on any atom is -0.307 e. The second kappa shape index (κ2) is 24.7. The molecule has 5 heterocycles. The Morgan fingerprint density at radius 3 is 1.27 bits per heavy atom. The largest absolute Gasteiger partial charge is 3.00 e. The minimum absolute atomic E-state index is 0. The molecule has 0 fully saturated rings. The van der Waals surface area contributed by atoms with E-state index in [9.17, 15) is 0 Å². The van der Waals surface area contributed by atoms with Crippen LogP contribution in [0.15, 0.2) is 207 Å². The summed E-state index contributed by atoms with van der Waals surface area (Å²) in [6, 6.07) is 79.3. The Morgan fingerprint density at radius 2 is 0.802 bits per heavy atom. The average Bonchev–Trinajstić information content (AvgIpc) is 1.75. The summed E-state index contributed by atoms with van der Waals surface area (Å²) in [6.07, 6.45) is 10.2. The normalized spacial score (nSPS) is 11.8. The number of aromatic nitrogens is 5. The molecule has 0 aliphatic rings. The van der Waals surface area contributed by atoms with Crippen LogP contribution in [-0.2, 0) is 45.8 Å². The Bertz CT molecular complexity index is 4430. The molecule has 5 nitrogen and oxygen atoms in total. The Kier molecular flexibility index (Phi) is 16.6. The number of rotatable bonds is 16. The molecule has 0 saturated carbocycles. The third-order valence-corrected chi connectivity index (χ3v) is 16.4. The third-order valence-electron chi connectivity index (χ3n) is 16.4. The van der Waals surface area contributed by atoms with E-state index in [2.05, 4.69) is 272 Å². The van der Waals surface area contributed by atoms with E-state index in [1.54, 1.807) is 0 Å². The quantitative estimate of drug-likeness (QED) is 0.0715. The van der Waals surface area contributed by atoms with Crippen molar-refractivity contribution in [3.05, 3.63) is 247 Å². The zero-order valence-corrected chi connectivity index (χ0v) is 52.7. The van der Waals surface area contributed by atoms with E-state index in [-0.39, 0.29) is 20.1 Å². The number of benzene rings is 8. The van der Waals surface area contributed by atoms with E-state index >= 15 is 0 Å². The summed E-state index contributed by atoms with van der Waals surface area (Å²) in [5.74, 6) is 2.21. The number of hydrogen-bond acceptors (Lipinski definition) is 4. The summed E-state index contributed by atoms with van der Waals surface area (Å²) >= 11 is 0. The van der Waals surface area contributed by atoms with Crippen molar-refractivity contribution in [1.82, 2.24) is 24.3 Å². The molecule has 6 heteroatoms. The molecular weight excluding hydrogens is 1220 g/mol. The summed E-state index contributed by atoms with van der Waals surface area (Å²) in [7, 11) is 0. The van der Waals surface area contributed by atoms with Crippen LogP contribution in [0.3, 0.4) is 0 Å². The molecule has 0 saturated heterocycles. The fourth-order valence-electron chi connectivity index (χ4n) is 12.7. The molecule has 86 heavy (non-hydrogen) atoms. The van der Waals surface area contributed by atoms with Crippen LogP contribution in [0.2, 0.25) is 0 Å². The number of imidazole rings is 1. The molecule has 0 amide bonds. The van der Waals surface area contributed by atoms with E-state index in [0.717, 1.165) is 153 Å². The molecule has 0 atom stereocenters. The van der Waals surface area contributed by atoms with Crippen LogP contribution in [0.1, 0.15) is 77.6 Å². The van der Waals surface area contributed by atoms with E-state index in [4.69, 9.17) is 19.9 Å². The Balaban J connectivity index is 0.00000724. The minimum atomic E-state index is 0. The fraction of sp³-hybridized carbons (Fsp3) is 0.200. The zero-order chi connectivity index (χ0) is 58.3. The molecule has 0 N–H and O–H groups in total. The van der Waals surface area contributed by atoms with Crippen LogP contribution in [0.25, 0.3) is 128 Å². The molecule has 13 rings (SSSR count). The van der Waals surface area contributed by atoms with Gasteiger partial charge in [0.2, 0.25) is 0 Å². The standard InChI is InChI=1S/C80H70N5.Ir/c1-50(2)38-59-46-75(82-48-64(59)40-52(5)6)56-31-27-54(28-32-56)66-18-9-12-21-69(66)61-42-62(70-22-13-10-19-67(70)55-29-33-57(34-30-55)76-47-60(39-51(3)4)65(49-83-76)41-53(7)8)44-63(43-61)71-23-14-11-20-68(71)58-35-36-72-73(45-58)80-84-74-24-15-16-25-77(74)85(80)78-26-17-37-81-79(72)78;/h9-31,33,35,37,42-53H,38-41H2,1-8H3;/q-3;+3. The molecule has 424 valence electrons. The number of nitrogens with zero attached hydrogens (tertiary/aromatic N) is 5. The molecule has 8 aromatic carbocycles. The van der Waals surface area contributed by atoms with Crippen LogP contribution in [0, 0.1) is 41.9 Å². The van der Waals surface area contributed by atoms with Gasteiger partial charge in [-0.2, -0.15) is 0 Å². The topological polar surface area (TPSA) is 56.0 Å². The maximum atomic E-state index is 5.26. The summed E-state index contributed by atoms with van der Waals surface area (Å²) in [4.78, 5) is 20.2. The Hall–Kier alpha value is -8.67. The summed E-state index contributed by atoms with van der Waals surface area (Å²) in [5.41, 5.74) is 27.4. The first-order valence-corrected chi connectivity index (χ1v) is 30.3. The van der Waals surface area contributed by atoms with Gasteiger partial charge < -0.3 is 19.4 Å². The second-order valence-corrected chi connectivity index (χ2v) is 24.8.